The van der Waals surface area contributed by atoms with Gasteiger partial charge in [0, 0.05) is 19.3 Å². The number of nitrogens with one attached hydrogen (secondary N) is 1. The molecule has 1 aliphatic rings. The van der Waals surface area contributed by atoms with Crippen molar-refractivity contribution in [3.63, 3.8) is 0 Å². The van der Waals surface area contributed by atoms with Crippen molar-refractivity contribution in [2.75, 3.05) is 26.4 Å². The van der Waals surface area contributed by atoms with Crippen LogP contribution >= 0.6 is 0 Å². The Kier molecular flexibility index (Phi) is 8.67. The summed E-state index contributed by atoms with van der Waals surface area (Å²) in [6, 6.07) is 0.323. The van der Waals surface area contributed by atoms with E-state index in [0.29, 0.717) is 6.04 Å². The lowest BCUT2D eigenvalue weighted by Crippen LogP contribution is -2.35. The number of aliphatic hydroxyl groups is 1. The van der Waals surface area contributed by atoms with E-state index in [1.165, 1.54) is 32.1 Å². The number of rotatable bonds is 9. The Labute approximate surface area is 106 Å². The van der Waals surface area contributed by atoms with E-state index in [1.54, 1.807) is 0 Å². The van der Waals surface area contributed by atoms with Crippen LogP contribution in [0.1, 0.15) is 51.9 Å². The van der Waals surface area contributed by atoms with Crippen LogP contribution in [-0.4, -0.2) is 37.5 Å². The lowest BCUT2D eigenvalue weighted by molar-refractivity contribution is 0.0640. The van der Waals surface area contributed by atoms with Gasteiger partial charge in [-0.1, -0.05) is 26.2 Å². The molecule has 0 bridgehead atoms. The second kappa shape index (κ2) is 9.86. The first kappa shape index (κ1) is 14.9. The number of hydrogen-bond acceptors (Lipinski definition) is 3. The Hall–Kier alpha value is -0.120. The molecule has 1 atom stereocenters. The third kappa shape index (κ3) is 7.02. The first-order valence-electron chi connectivity index (χ1n) is 7.28. The first-order chi connectivity index (χ1) is 8.36. The van der Waals surface area contributed by atoms with Crippen molar-refractivity contribution in [2.45, 2.75) is 57.9 Å². The molecule has 0 aromatic carbocycles. The zero-order chi connectivity index (χ0) is 12.3. The maximum atomic E-state index is 8.99. The summed E-state index contributed by atoms with van der Waals surface area (Å²) in [6.07, 6.45) is 8.77. The van der Waals surface area contributed by atoms with Crippen molar-refractivity contribution in [2.24, 2.45) is 5.92 Å². The Morgan fingerprint density at radius 1 is 1.29 bits per heavy atom. The third-order valence-corrected chi connectivity index (χ3v) is 3.56. The molecule has 0 aromatic rings. The Bertz CT molecular complexity index is 170. The predicted molar refractivity (Wildman–Crippen MR) is 71.2 cm³/mol. The highest BCUT2D eigenvalue weighted by molar-refractivity contribution is 4.68. The summed E-state index contributed by atoms with van der Waals surface area (Å²) in [5.41, 5.74) is 0. The second-order valence-electron chi connectivity index (χ2n) is 5.20. The molecule has 1 aliphatic carbocycles. The average molecular weight is 243 g/mol. The molecule has 2 N–H and O–H groups in total. The summed E-state index contributed by atoms with van der Waals surface area (Å²) in [4.78, 5) is 0. The summed E-state index contributed by atoms with van der Waals surface area (Å²) in [7, 11) is 0. The molecule has 1 rings (SSSR count). The molecule has 0 heterocycles. The monoisotopic (exact) mass is 243 g/mol. The van der Waals surface area contributed by atoms with Crippen molar-refractivity contribution < 1.29 is 9.84 Å². The average Bonchev–Trinajstić information content (AvgIpc) is 2.37. The molecule has 3 nitrogen and oxygen atoms in total. The van der Waals surface area contributed by atoms with Gasteiger partial charge in [0.1, 0.15) is 0 Å². The van der Waals surface area contributed by atoms with Gasteiger partial charge < -0.3 is 15.2 Å². The van der Waals surface area contributed by atoms with Gasteiger partial charge in [0.15, 0.2) is 0 Å². The van der Waals surface area contributed by atoms with E-state index in [9.17, 15) is 0 Å². The summed E-state index contributed by atoms with van der Waals surface area (Å²) >= 11 is 0. The van der Waals surface area contributed by atoms with Gasteiger partial charge in [0.05, 0.1) is 6.61 Å². The molecule has 1 saturated carbocycles. The number of ether oxygens (including phenoxy) is 1. The number of aliphatic hydroxyl groups excluding tert-OH is 1. The van der Waals surface area contributed by atoms with Crippen LogP contribution < -0.4 is 5.32 Å². The molecule has 3 heteroatoms. The van der Waals surface area contributed by atoms with Gasteiger partial charge >= 0.3 is 0 Å². The van der Waals surface area contributed by atoms with Crippen molar-refractivity contribution in [1.29, 1.82) is 0 Å². The lowest BCUT2D eigenvalue weighted by atomic mass is 9.90. The van der Waals surface area contributed by atoms with Crippen LogP contribution in [0.4, 0.5) is 0 Å². The third-order valence-electron chi connectivity index (χ3n) is 3.56. The van der Waals surface area contributed by atoms with Crippen LogP contribution in [0, 0.1) is 5.92 Å². The highest BCUT2D eigenvalue weighted by atomic mass is 16.5. The van der Waals surface area contributed by atoms with Gasteiger partial charge in [-0.25, -0.2) is 0 Å². The summed E-state index contributed by atoms with van der Waals surface area (Å²) in [5.74, 6) is 0.782. The quantitative estimate of drug-likeness (QED) is 0.653. The molecule has 17 heavy (non-hydrogen) atoms. The minimum absolute atomic E-state index is 0.244. The van der Waals surface area contributed by atoms with E-state index in [4.69, 9.17) is 9.84 Å². The summed E-state index contributed by atoms with van der Waals surface area (Å²) in [6.45, 7) is 5.07. The second-order valence-corrected chi connectivity index (χ2v) is 5.20. The minimum Gasteiger partial charge on any atom is -0.396 e. The highest BCUT2D eigenvalue weighted by Gasteiger charge is 2.14. The molecule has 102 valence electrons. The molecule has 0 amide bonds. The summed E-state index contributed by atoms with van der Waals surface area (Å²) in [5, 5.41) is 12.4. The summed E-state index contributed by atoms with van der Waals surface area (Å²) < 4.78 is 5.81. The van der Waals surface area contributed by atoms with Crippen LogP contribution in [0.2, 0.25) is 0 Å². The smallest absolute Gasteiger partial charge is 0.0620 e. The zero-order valence-corrected chi connectivity index (χ0v) is 11.3. The standard InChI is InChI=1S/C14H29NO2/c1-2-9-15-14(8-10-16)12-17-11-13-6-4-3-5-7-13/h13-16H,2-12H2,1H3. The van der Waals surface area contributed by atoms with Crippen molar-refractivity contribution >= 4 is 0 Å². The van der Waals surface area contributed by atoms with Gasteiger partial charge in [0.2, 0.25) is 0 Å². The molecule has 1 unspecified atom stereocenters. The van der Waals surface area contributed by atoms with E-state index in [-0.39, 0.29) is 6.61 Å². The van der Waals surface area contributed by atoms with Gasteiger partial charge in [0.25, 0.3) is 0 Å². The molecule has 0 saturated heterocycles. The normalized spacial score (nSPS) is 19.4. The van der Waals surface area contributed by atoms with Gasteiger partial charge in [-0.15, -0.1) is 0 Å². The Morgan fingerprint density at radius 3 is 2.71 bits per heavy atom. The van der Waals surface area contributed by atoms with Gasteiger partial charge in [-0.3, -0.25) is 0 Å². The molecule has 0 aliphatic heterocycles. The van der Waals surface area contributed by atoms with E-state index in [0.717, 1.165) is 38.5 Å². The predicted octanol–water partition coefficient (Wildman–Crippen LogP) is 2.33. The Balaban J connectivity index is 2.07. The molecule has 0 radical (unpaired) electrons. The fraction of sp³-hybridized carbons (Fsp3) is 1.00. The topological polar surface area (TPSA) is 41.5 Å². The van der Waals surface area contributed by atoms with Crippen molar-refractivity contribution in [3.8, 4) is 0 Å². The number of hydrogen-bond donors (Lipinski definition) is 2. The fourth-order valence-corrected chi connectivity index (χ4v) is 2.48. The zero-order valence-electron chi connectivity index (χ0n) is 11.3. The maximum Gasteiger partial charge on any atom is 0.0620 e. The first-order valence-corrected chi connectivity index (χ1v) is 7.28. The highest BCUT2D eigenvalue weighted by Crippen LogP contribution is 2.23. The fourth-order valence-electron chi connectivity index (χ4n) is 2.48. The molecular weight excluding hydrogens is 214 g/mol. The lowest BCUT2D eigenvalue weighted by Gasteiger charge is -2.23. The molecular formula is C14H29NO2. The van der Waals surface area contributed by atoms with Gasteiger partial charge in [-0.05, 0) is 38.1 Å². The van der Waals surface area contributed by atoms with Crippen LogP contribution in [0.25, 0.3) is 0 Å². The van der Waals surface area contributed by atoms with Crippen LogP contribution in [0.15, 0.2) is 0 Å². The van der Waals surface area contributed by atoms with Crippen LogP contribution in [0.3, 0.4) is 0 Å². The van der Waals surface area contributed by atoms with E-state index < -0.39 is 0 Å². The minimum atomic E-state index is 0.244. The van der Waals surface area contributed by atoms with Crippen molar-refractivity contribution in [1.82, 2.24) is 5.32 Å². The van der Waals surface area contributed by atoms with Crippen LogP contribution in [-0.2, 0) is 4.74 Å². The Morgan fingerprint density at radius 2 is 2.06 bits per heavy atom. The maximum absolute atomic E-state index is 8.99. The SMILES string of the molecule is CCCNC(CCO)COCC1CCCCC1. The van der Waals surface area contributed by atoms with E-state index >= 15 is 0 Å². The molecule has 1 fully saturated rings. The molecule has 0 aromatic heterocycles. The van der Waals surface area contributed by atoms with E-state index in [2.05, 4.69) is 12.2 Å². The van der Waals surface area contributed by atoms with Gasteiger partial charge in [-0.2, -0.15) is 0 Å². The van der Waals surface area contributed by atoms with E-state index in [1.807, 2.05) is 0 Å². The largest absolute Gasteiger partial charge is 0.396 e. The van der Waals surface area contributed by atoms with Crippen LogP contribution in [0.5, 0.6) is 0 Å². The van der Waals surface area contributed by atoms with Crippen molar-refractivity contribution in [3.05, 3.63) is 0 Å². The molecule has 0 spiro atoms.